The zero-order valence-electron chi connectivity index (χ0n) is 24.8. The van der Waals surface area contributed by atoms with Crippen molar-refractivity contribution in [3.05, 3.63) is 65.2 Å². The molecule has 3 N–H and O–H groups in total. The van der Waals surface area contributed by atoms with Gasteiger partial charge in [-0.05, 0) is 76.8 Å². The number of hydrogen-bond donors (Lipinski definition) is 2. The van der Waals surface area contributed by atoms with Gasteiger partial charge in [0.2, 0.25) is 0 Å². The molecule has 5 rings (SSSR count). The lowest BCUT2D eigenvalue weighted by Crippen LogP contribution is -2.64. The number of imidazole rings is 1. The molecule has 2 fully saturated rings. The van der Waals surface area contributed by atoms with E-state index in [1.807, 2.05) is 39.8 Å². The number of amides is 2. The van der Waals surface area contributed by atoms with Gasteiger partial charge in [0.15, 0.2) is 5.69 Å². The Hall–Kier alpha value is -4.41. The van der Waals surface area contributed by atoms with Gasteiger partial charge in [0, 0.05) is 41.7 Å². The number of anilines is 1. The number of pyridine rings is 1. The van der Waals surface area contributed by atoms with Crippen LogP contribution in [0.4, 0.5) is 10.6 Å². The van der Waals surface area contributed by atoms with Crippen LogP contribution in [0.25, 0.3) is 11.3 Å². The highest BCUT2D eigenvalue weighted by Gasteiger charge is 2.56. The zero-order valence-corrected chi connectivity index (χ0v) is 24.8. The summed E-state index contributed by atoms with van der Waals surface area (Å²) in [7, 11) is 0. The summed E-state index contributed by atoms with van der Waals surface area (Å²) in [6, 6.07) is 10.6. The molecule has 1 aromatic carbocycles. The molecule has 1 saturated carbocycles. The van der Waals surface area contributed by atoms with Crippen molar-refractivity contribution >= 4 is 23.8 Å². The minimum atomic E-state index is -0.564. The minimum absolute atomic E-state index is 0.0122. The van der Waals surface area contributed by atoms with E-state index in [-0.39, 0.29) is 35.6 Å². The second-order valence-corrected chi connectivity index (χ2v) is 12.1. The number of carbonyl (C=O) groups is 3. The molecule has 3 aromatic rings. The minimum Gasteiger partial charge on any atom is -0.461 e. The predicted molar refractivity (Wildman–Crippen MR) is 158 cm³/mol. The fraction of sp³-hybridized carbons (Fsp3) is 0.452. The topological polar surface area (TPSA) is 142 Å². The molecule has 3 heterocycles. The maximum atomic E-state index is 13.0. The third kappa shape index (κ3) is 5.81. The molecular weight excluding hydrogens is 536 g/mol. The molecule has 11 heteroatoms. The Morgan fingerprint density at radius 2 is 1.79 bits per heavy atom. The third-order valence-electron chi connectivity index (χ3n) is 7.73. The summed E-state index contributed by atoms with van der Waals surface area (Å²) in [6.07, 6.45) is 3.81. The first-order valence-corrected chi connectivity index (χ1v) is 14.3. The molecule has 0 radical (unpaired) electrons. The second kappa shape index (κ2) is 11.1. The quantitative estimate of drug-likeness (QED) is 0.304. The number of benzene rings is 1. The van der Waals surface area contributed by atoms with Crippen LogP contribution in [0.2, 0.25) is 0 Å². The van der Waals surface area contributed by atoms with Crippen LogP contribution in [0.3, 0.4) is 0 Å². The van der Waals surface area contributed by atoms with Crippen molar-refractivity contribution < 1.29 is 23.9 Å². The monoisotopic (exact) mass is 574 g/mol. The second-order valence-electron chi connectivity index (χ2n) is 12.1. The van der Waals surface area contributed by atoms with Crippen molar-refractivity contribution in [1.29, 1.82) is 0 Å². The summed E-state index contributed by atoms with van der Waals surface area (Å²) in [5.41, 5.74) is 2.19. The summed E-state index contributed by atoms with van der Waals surface area (Å²) >= 11 is 0. The largest absolute Gasteiger partial charge is 0.461 e. The molecule has 42 heavy (non-hydrogen) atoms. The Balaban J connectivity index is 1.31. The molecule has 1 aliphatic carbocycles. The van der Waals surface area contributed by atoms with E-state index < -0.39 is 11.6 Å². The maximum absolute atomic E-state index is 13.0. The molecule has 11 nitrogen and oxygen atoms in total. The average Bonchev–Trinajstić information content (AvgIpc) is 3.23. The smallest absolute Gasteiger partial charge is 0.410 e. The van der Waals surface area contributed by atoms with Crippen molar-refractivity contribution in [3.8, 4) is 11.3 Å². The van der Waals surface area contributed by atoms with E-state index in [0.717, 1.165) is 24.8 Å². The summed E-state index contributed by atoms with van der Waals surface area (Å²) in [5, 5.41) is 2.83. The lowest BCUT2D eigenvalue weighted by atomic mass is 9.57. The summed E-state index contributed by atoms with van der Waals surface area (Å²) < 4.78 is 12.1. The molecule has 2 aliphatic rings. The van der Waals surface area contributed by atoms with E-state index in [0.29, 0.717) is 41.6 Å². The number of nitrogens with zero attached hydrogens (tertiary/aromatic N) is 4. The van der Waals surface area contributed by atoms with E-state index in [2.05, 4.69) is 10.3 Å². The van der Waals surface area contributed by atoms with Gasteiger partial charge in [0.25, 0.3) is 5.91 Å². The number of esters is 1. The van der Waals surface area contributed by atoms with Gasteiger partial charge < -0.3 is 25.5 Å². The Morgan fingerprint density at radius 3 is 2.40 bits per heavy atom. The lowest BCUT2D eigenvalue weighted by molar-refractivity contribution is -0.0800. The van der Waals surface area contributed by atoms with Crippen molar-refractivity contribution in [2.45, 2.75) is 65.4 Å². The number of hydrogen-bond acceptors (Lipinski definition) is 8. The van der Waals surface area contributed by atoms with E-state index in [4.69, 9.17) is 20.3 Å². The van der Waals surface area contributed by atoms with Crippen molar-refractivity contribution in [3.63, 3.8) is 0 Å². The molecule has 1 aliphatic heterocycles. The highest BCUT2D eigenvalue weighted by molar-refractivity contribution is 6.04. The molecule has 222 valence electrons. The van der Waals surface area contributed by atoms with E-state index in [1.54, 1.807) is 42.3 Å². The fourth-order valence-corrected chi connectivity index (χ4v) is 5.71. The highest BCUT2D eigenvalue weighted by atomic mass is 16.6. The summed E-state index contributed by atoms with van der Waals surface area (Å²) in [4.78, 5) is 49.0. The standard InChI is InChI=1S/C31H38N6O5/c1-6-19-12-13-33-23(14-19)34-27(38)21-10-8-20(9-11-21)24-25(28(39)41-7-2)37(32)26(35-24)22-15-31(16-22)17-36(18-31)29(40)42-30(3,4)5/h8-14,22H,6-7,15-18,32H2,1-5H3,(H,33,34,38). The Morgan fingerprint density at radius 1 is 1.10 bits per heavy atom. The van der Waals surface area contributed by atoms with E-state index in [9.17, 15) is 14.4 Å². The predicted octanol–water partition coefficient (Wildman–Crippen LogP) is 4.76. The number of aromatic nitrogens is 3. The molecule has 0 bridgehead atoms. The number of nitrogens with one attached hydrogen (secondary N) is 1. The summed E-state index contributed by atoms with van der Waals surface area (Å²) in [5.74, 6) is 6.72. The van der Waals surface area contributed by atoms with Gasteiger partial charge in [-0.2, -0.15) is 0 Å². The Kier molecular flexibility index (Phi) is 7.70. The molecule has 1 saturated heterocycles. The highest BCUT2D eigenvalue weighted by Crippen LogP contribution is 2.56. The fourth-order valence-electron chi connectivity index (χ4n) is 5.71. The SMILES string of the molecule is CCOC(=O)c1c(-c2ccc(C(=O)Nc3cc(CC)ccn3)cc2)nc(C2CC3(C2)CN(C(=O)OC(C)(C)C)C3)n1N. The molecule has 2 amide bonds. The van der Waals surface area contributed by atoms with Gasteiger partial charge in [-0.25, -0.2) is 24.2 Å². The number of ether oxygens (including phenoxy) is 2. The molecular formula is C31H38N6O5. The average molecular weight is 575 g/mol. The summed E-state index contributed by atoms with van der Waals surface area (Å²) in [6.45, 7) is 10.8. The first-order chi connectivity index (χ1) is 19.9. The number of likely N-dealkylation sites (tertiary alicyclic amines) is 1. The van der Waals surface area contributed by atoms with Gasteiger partial charge in [0.1, 0.15) is 22.9 Å². The van der Waals surface area contributed by atoms with E-state index in [1.165, 1.54) is 4.68 Å². The third-order valence-corrected chi connectivity index (χ3v) is 7.73. The number of nitrogens with two attached hydrogens (primary N) is 1. The van der Waals surface area contributed by atoms with Crippen LogP contribution in [0.15, 0.2) is 42.6 Å². The van der Waals surface area contributed by atoms with Crippen molar-refractivity contribution in [1.82, 2.24) is 19.5 Å². The van der Waals surface area contributed by atoms with Crippen LogP contribution in [0.1, 0.15) is 85.6 Å². The van der Waals surface area contributed by atoms with Crippen LogP contribution in [-0.4, -0.2) is 62.8 Å². The van der Waals surface area contributed by atoms with Crippen LogP contribution in [0, 0.1) is 5.41 Å². The molecule has 2 aromatic heterocycles. The van der Waals surface area contributed by atoms with Crippen LogP contribution in [-0.2, 0) is 15.9 Å². The molecule has 1 spiro atoms. The molecule has 0 unspecified atom stereocenters. The van der Waals surface area contributed by atoms with Crippen LogP contribution in [0.5, 0.6) is 0 Å². The number of nitrogen functional groups attached to an aromatic ring is 1. The number of rotatable bonds is 7. The lowest BCUT2D eigenvalue weighted by Gasteiger charge is -2.58. The van der Waals surface area contributed by atoms with Crippen molar-refractivity contribution in [2.24, 2.45) is 5.41 Å². The molecule has 0 atom stereocenters. The van der Waals surface area contributed by atoms with Gasteiger partial charge in [-0.1, -0.05) is 19.1 Å². The van der Waals surface area contributed by atoms with Gasteiger partial charge in [-0.3, -0.25) is 4.79 Å². The van der Waals surface area contributed by atoms with E-state index >= 15 is 0 Å². The van der Waals surface area contributed by atoms with Crippen LogP contribution >= 0.6 is 0 Å². The normalized spacial score (nSPS) is 16.0. The van der Waals surface area contributed by atoms with Crippen LogP contribution < -0.4 is 11.2 Å². The number of aryl methyl sites for hydroxylation is 1. The Labute approximate surface area is 245 Å². The Bertz CT molecular complexity index is 1490. The van der Waals surface area contributed by atoms with Crippen molar-refractivity contribution in [2.75, 3.05) is 30.9 Å². The van der Waals surface area contributed by atoms with Gasteiger partial charge in [0.05, 0.1) is 6.61 Å². The first-order valence-electron chi connectivity index (χ1n) is 14.3. The maximum Gasteiger partial charge on any atom is 0.410 e. The van der Waals surface area contributed by atoms with Gasteiger partial charge in [-0.15, -0.1) is 0 Å². The zero-order chi connectivity index (χ0) is 30.2. The van der Waals surface area contributed by atoms with Gasteiger partial charge >= 0.3 is 12.1 Å². The first kappa shape index (κ1) is 29.1. The number of carbonyl (C=O) groups excluding carboxylic acids is 3.